The van der Waals surface area contributed by atoms with E-state index in [1.807, 2.05) is 0 Å². The van der Waals surface area contributed by atoms with E-state index in [0.717, 1.165) is 19.3 Å². The molecule has 1 aliphatic carbocycles. The number of halogens is 3. The molecule has 2 rings (SSSR count). The van der Waals surface area contributed by atoms with Crippen LogP contribution in [0.5, 0.6) is 0 Å². The van der Waals surface area contributed by atoms with Crippen LogP contribution in [0.4, 0.5) is 5.69 Å². The van der Waals surface area contributed by atoms with Crippen molar-refractivity contribution in [3.05, 3.63) is 27.2 Å². The number of carbonyl (C=O) groups is 1. The third-order valence-corrected chi connectivity index (χ3v) is 5.30. The number of thiocarbonyl (C=S) groups is 1. The zero-order valence-electron chi connectivity index (χ0n) is 11.2. The number of benzene rings is 1. The molecule has 21 heavy (non-hydrogen) atoms. The minimum Gasteiger partial charge on any atom is -0.392 e. The van der Waals surface area contributed by atoms with Gasteiger partial charge in [-0.15, -0.1) is 0 Å². The minimum atomic E-state index is -0.803. The zero-order chi connectivity index (χ0) is 15.6. The van der Waals surface area contributed by atoms with Crippen molar-refractivity contribution in [3.63, 3.8) is 0 Å². The molecule has 114 valence electrons. The summed E-state index contributed by atoms with van der Waals surface area (Å²) in [5.41, 5.74) is 5.45. The molecule has 0 heterocycles. The predicted octanol–water partition coefficient (Wildman–Crippen LogP) is 4.82. The van der Waals surface area contributed by atoms with E-state index in [1.165, 1.54) is 12.1 Å². The van der Waals surface area contributed by atoms with Gasteiger partial charge in [0.25, 0.3) is 0 Å². The third kappa shape index (κ3) is 3.45. The number of carbonyl (C=O) groups excluding carboxylic acids is 1. The number of nitrogens with two attached hydrogens (primary N) is 1. The van der Waals surface area contributed by atoms with E-state index in [9.17, 15) is 4.79 Å². The number of hydrogen-bond donors (Lipinski definition) is 2. The Bertz CT molecular complexity index is 586. The van der Waals surface area contributed by atoms with E-state index in [1.54, 1.807) is 0 Å². The average Bonchev–Trinajstić information content (AvgIpc) is 2.45. The van der Waals surface area contributed by atoms with Gasteiger partial charge in [0, 0.05) is 0 Å². The molecule has 0 radical (unpaired) electrons. The Labute approximate surface area is 144 Å². The van der Waals surface area contributed by atoms with Crippen LogP contribution in [0.3, 0.4) is 0 Å². The lowest BCUT2D eigenvalue weighted by molar-refractivity contribution is -0.123. The number of nitrogens with one attached hydrogen (secondary N) is 1. The Balaban J connectivity index is 2.27. The molecule has 3 N–H and O–H groups in total. The molecule has 0 unspecified atom stereocenters. The van der Waals surface area contributed by atoms with E-state index in [0.29, 0.717) is 33.6 Å². The highest BCUT2D eigenvalue weighted by Crippen LogP contribution is 2.39. The van der Waals surface area contributed by atoms with Gasteiger partial charge in [0.2, 0.25) is 5.91 Å². The highest BCUT2D eigenvalue weighted by Gasteiger charge is 2.42. The molecule has 3 nitrogen and oxygen atoms in total. The van der Waals surface area contributed by atoms with E-state index in [4.69, 9.17) is 52.8 Å². The maximum Gasteiger partial charge on any atom is 0.237 e. The molecule has 1 amide bonds. The van der Waals surface area contributed by atoms with Crippen LogP contribution in [0.1, 0.15) is 32.1 Å². The van der Waals surface area contributed by atoms with Gasteiger partial charge in [-0.2, -0.15) is 0 Å². The second-order valence-corrected chi connectivity index (χ2v) is 6.87. The molecular formula is C14H15Cl3N2OS. The highest BCUT2D eigenvalue weighted by atomic mass is 35.5. The summed E-state index contributed by atoms with van der Waals surface area (Å²) in [6.07, 6.45) is 4.27. The number of hydrogen-bond acceptors (Lipinski definition) is 2. The van der Waals surface area contributed by atoms with Crippen molar-refractivity contribution in [1.29, 1.82) is 0 Å². The SMILES string of the molecule is NC(=S)C1(C(=O)Nc2cc(Cl)c(Cl)cc2Cl)CCCCC1. The van der Waals surface area contributed by atoms with Crippen LogP contribution in [-0.2, 0) is 4.79 Å². The number of amides is 1. The van der Waals surface area contributed by atoms with Crippen LogP contribution in [-0.4, -0.2) is 10.9 Å². The van der Waals surface area contributed by atoms with Gasteiger partial charge in [-0.3, -0.25) is 4.79 Å². The summed E-state index contributed by atoms with van der Waals surface area (Å²) in [5.74, 6) is -0.227. The summed E-state index contributed by atoms with van der Waals surface area (Å²) in [7, 11) is 0. The summed E-state index contributed by atoms with van der Waals surface area (Å²) in [6.45, 7) is 0. The first-order chi connectivity index (χ1) is 9.86. The Morgan fingerprint density at radius 2 is 1.67 bits per heavy atom. The predicted molar refractivity (Wildman–Crippen MR) is 92.4 cm³/mol. The molecular weight excluding hydrogens is 351 g/mol. The van der Waals surface area contributed by atoms with Crippen molar-refractivity contribution in [2.24, 2.45) is 11.1 Å². The molecule has 0 spiro atoms. The molecule has 0 atom stereocenters. The first kappa shape index (κ1) is 16.8. The maximum absolute atomic E-state index is 12.7. The molecule has 0 saturated heterocycles. The molecule has 1 saturated carbocycles. The van der Waals surface area contributed by atoms with Crippen LogP contribution in [0.25, 0.3) is 0 Å². The van der Waals surface area contributed by atoms with E-state index < -0.39 is 5.41 Å². The summed E-state index contributed by atoms with van der Waals surface area (Å²) in [4.78, 5) is 12.9. The zero-order valence-corrected chi connectivity index (χ0v) is 14.3. The van der Waals surface area contributed by atoms with Crippen LogP contribution < -0.4 is 11.1 Å². The Hall–Kier alpha value is -0.550. The summed E-state index contributed by atoms with van der Waals surface area (Å²) in [6, 6.07) is 3.02. The first-order valence-corrected chi connectivity index (χ1v) is 8.17. The minimum absolute atomic E-state index is 0.227. The van der Waals surface area contributed by atoms with Crippen LogP contribution in [0.15, 0.2) is 12.1 Å². The topological polar surface area (TPSA) is 55.1 Å². The molecule has 1 aromatic rings. The fourth-order valence-corrected chi connectivity index (χ4v) is 3.49. The molecule has 0 aliphatic heterocycles. The van der Waals surface area contributed by atoms with Gasteiger partial charge in [0.1, 0.15) is 0 Å². The van der Waals surface area contributed by atoms with E-state index in [-0.39, 0.29) is 10.9 Å². The summed E-state index contributed by atoms with van der Waals surface area (Å²) < 4.78 is 0. The van der Waals surface area contributed by atoms with Gasteiger partial charge < -0.3 is 11.1 Å². The Morgan fingerprint density at radius 1 is 1.10 bits per heavy atom. The van der Waals surface area contributed by atoms with Gasteiger partial charge in [-0.25, -0.2) is 0 Å². The van der Waals surface area contributed by atoms with Crippen molar-refractivity contribution >= 4 is 63.6 Å². The lowest BCUT2D eigenvalue weighted by Gasteiger charge is -2.34. The van der Waals surface area contributed by atoms with Crippen LogP contribution in [0.2, 0.25) is 15.1 Å². The lowest BCUT2D eigenvalue weighted by atomic mass is 9.73. The third-order valence-electron chi connectivity index (χ3n) is 3.87. The molecule has 1 aliphatic rings. The van der Waals surface area contributed by atoms with Gasteiger partial charge in [-0.05, 0) is 25.0 Å². The van der Waals surface area contributed by atoms with Gasteiger partial charge >= 0.3 is 0 Å². The Kier molecular flexibility index (Phi) is 5.36. The van der Waals surface area contributed by atoms with Crippen LogP contribution >= 0.6 is 47.0 Å². The largest absolute Gasteiger partial charge is 0.392 e. The fraction of sp³-hybridized carbons (Fsp3) is 0.429. The highest BCUT2D eigenvalue weighted by molar-refractivity contribution is 7.80. The van der Waals surface area contributed by atoms with Crippen LogP contribution in [0, 0.1) is 5.41 Å². The first-order valence-electron chi connectivity index (χ1n) is 6.63. The Morgan fingerprint density at radius 3 is 2.24 bits per heavy atom. The van der Waals surface area contributed by atoms with Crippen molar-refractivity contribution in [2.75, 3.05) is 5.32 Å². The lowest BCUT2D eigenvalue weighted by Crippen LogP contribution is -2.47. The van der Waals surface area contributed by atoms with Crippen molar-refractivity contribution in [2.45, 2.75) is 32.1 Å². The number of anilines is 1. The maximum atomic E-state index is 12.7. The standard InChI is InChI=1S/C14H15Cl3N2OS/c15-8-6-10(17)11(7-9(8)16)19-13(20)14(12(18)21)4-2-1-3-5-14/h6-7H,1-5H2,(H2,18,21)(H,19,20). The normalized spacial score (nSPS) is 17.3. The van der Waals surface area contributed by atoms with Gasteiger partial charge in [-0.1, -0.05) is 66.3 Å². The van der Waals surface area contributed by atoms with Crippen molar-refractivity contribution in [1.82, 2.24) is 0 Å². The monoisotopic (exact) mass is 364 g/mol. The second kappa shape index (κ2) is 6.69. The van der Waals surface area contributed by atoms with Gasteiger partial charge in [0.05, 0.1) is 31.2 Å². The van der Waals surface area contributed by atoms with Gasteiger partial charge in [0.15, 0.2) is 0 Å². The summed E-state index contributed by atoms with van der Waals surface area (Å²) >= 11 is 23.1. The molecule has 0 bridgehead atoms. The molecule has 0 aromatic heterocycles. The number of rotatable bonds is 3. The van der Waals surface area contributed by atoms with E-state index >= 15 is 0 Å². The molecule has 1 aromatic carbocycles. The average molecular weight is 366 g/mol. The van der Waals surface area contributed by atoms with Crippen molar-refractivity contribution < 1.29 is 4.79 Å². The molecule has 1 fully saturated rings. The second-order valence-electron chi connectivity index (χ2n) is 5.21. The van der Waals surface area contributed by atoms with E-state index in [2.05, 4.69) is 5.32 Å². The van der Waals surface area contributed by atoms with Crippen molar-refractivity contribution in [3.8, 4) is 0 Å². The fourth-order valence-electron chi connectivity index (χ4n) is 2.60. The smallest absolute Gasteiger partial charge is 0.237 e. The molecule has 7 heteroatoms. The quantitative estimate of drug-likeness (QED) is 0.596. The summed E-state index contributed by atoms with van der Waals surface area (Å²) in [5, 5.41) is 3.77.